The number of aromatic nitrogens is 1. The molecule has 7 heteroatoms. The molecular formula is C14H24N2O4S. The molecule has 2 N–H and O–H groups in total. The van der Waals surface area contributed by atoms with E-state index in [0.29, 0.717) is 18.8 Å². The first-order valence-electron chi connectivity index (χ1n) is 7.31. The predicted octanol–water partition coefficient (Wildman–Crippen LogP) is 1.24. The van der Waals surface area contributed by atoms with E-state index >= 15 is 0 Å². The molecule has 1 aliphatic rings. The third-order valence-corrected chi connectivity index (χ3v) is 5.55. The van der Waals surface area contributed by atoms with Crippen molar-refractivity contribution in [1.29, 1.82) is 0 Å². The second-order valence-corrected chi connectivity index (χ2v) is 7.35. The predicted molar refractivity (Wildman–Crippen MR) is 79.4 cm³/mol. The van der Waals surface area contributed by atoms with Crippen LogP contribution in [0.4, 0.5) is 0 Å². The summed E-state index contributed by atoms with van der Waals surface area (Å²) in [6.07, 6.45) is 5.28. The largest absolute Gasteiger partial charge is 0.390 e. The lowest BCUT2D eigenvalue weighted by Crippen LogP contribution is -2.49. The van der Waals surface area contributed by atoms with Gasteiger partial charge in [-0.25, -0.2) is 13.1 Å². The number of aliphatic hydroxyl groups excluding tert-OH is 1. The summed E-state index contributed by atoms with van der Waals surface area (Å²) in [5.41, 5.74) is 0.265. The minimum atomic E-state index is -3.57. The van der Waals surface area contributed by atoms with Gasteiger partial charge in [-0.05, 0) is 31.7 Å². The summed E-state index contributed by atoms with van der Waals surface area (Å²) in [5.74, 6) is 0. The number of nitrogens with one attached hydrogen (secondary N) is 1. The average Bonchev–Trinajstić information content (AvgIpc) is 2.82. The Morgan fingerprint density at radius 2 is 2.19 bits per heavy atom. The van der Waals surface area contributed by atoms with Gasteiger partial charge < -0.3 is 14.4 Å². The first kappa shape index (κ1) is 16.5. The van der Waals surface area contributed by atoms with Gasteiger partial charge in [0.25, 0.3) is 0 Å². The van der Waals surface area contributed by atoms with E-state index in [2.05, 4.69) is 4.72 Å². The summed E-state index contributed by atoms with van der Waals surface area (Å²) in [7, 11) is -1.95. The number of hydrogen-bond donors (Lipinski definition) is 2. The zero-order valence-electron chi connectivity index (χ0n) is 12.6. The highest BCUT2D eigenvalue weighted by Gasteiger charge is 2.38. The number of ether oxygens (including phenoxy) is 1. The van der Waals surface area contributed by atoms with Crippen molar-refractivity contribution in [2.24, 2.45) is 0 Å². The molecule has 120 valence electrons. The fraction of sp³-hybridized carbons (Fsp3) is 0.714. The van der Waals surface area contributed by atoms with Crippen molar-refractivity contribution in [3.05, 3.63) is 18.0 Å². The molecule has 2 rings (SSSR count). The first-order chi connectivity index (χ1) is 9.96. The van der Waals surface area contributed by atoms with Crippen molar-refractivity contribution in [1.82, 2.24) is 9.29 Å². The van der Waals surface area contributed by atoms with Crippen molar-refractivity contribution in [3.63, 3.8) is 0 Å². The van der Waals surface area contributed by atoms with Gasteiger partial charge in [0, 0.05) is 32.1 Å². The number of nitrogens with zero attached hydrogens (tertiary/aromatic N) is 1. The van der Waals surface area contributed by atoms with E-state index in [-0.39, 0.29) is 17.1 Å². The summed E-state index contributed by atoms with van der Waals surface area (Å²) in [6, 6.07) is 1.53. The van der Waals surface area contributed by atoms with E-state index in [9.17, 15) is 13.5 Å². The molecule has 1 aromatic heterocycles. The molecule has 0 saturated heterocycles. The summed E-state index contributed by atoms with van der Waals surface area (Å²) >= 11 is 0. The van der Waals surface area contributed by atoms with Crippen LogP contribution in [0.5, 0.6) is 0 Å². The van der Waals surface area contributed by atoms with Crippen LogP contribution in [0.1, 0.15) is 38.3 Å². The number of sulfonamides is 1. The van der Waals surface area contributed by atoms with Gasteiger partial charge in [0.2, 0.25) is 10.0 Å². The van der Waals surface area contributed by atoms with Crippen LogP contribution in [-0.4, -0.2) is 37.3 Å². The van der Waals surface area contributed by atoms with Crippen LogP contribution in [0.2, 0.25) is 0 Å². The summed E-state index contributed by atoms with van der Waals surface area (Å²) in [4.78, 5) is 0.200. The molecule has 0 bridgehead atoms. The van der Waals surface area contributed by atoms with E-state index in [1.54, 1.807) is 17.9 Å². The third-order valence-electron chi connectivity index (χ3n) is 4.18. The smallest absolute Gasteiger partial charge is 0.242 e. The highest BCUT2D eigenvalue weighted by molar-refractivity contribution is 7.89. The maximum atomic E-state index is 12.4. The molecule has 1 saturated carbocycles. The molecule has 0 radical (unpaired) electrons. The molecule has 1 aliphatic carbocycles. The molecule has 0 spiro atoms. The maximum Gasteiger partial charge on any atom is 0.242 e. The number of aryl methyl sites for hydroxylation is 1. The Hall–Kier alpha value is -0.890. The molecule has 21 heavy (non-hydrogen) atoms. The summed E-state index contributed by atoms with van der Waals surface area (Å²) in [6.45, 7) is 2.82. The molecule has 0 aromatic carbocycles. The van der Waals surface area contributed by atoms with Crippen LogP contribution in [0, 0.1) is 0 Å². The quantitative estimate of drug-likeness (QED) is 0.756. The van der Waals surface area contributed by atoms with Crippen molar-refractivity contribution in [2.75, 3.05) is 13.7 Å². The molecule has 1 heterocycles. The van der Waals surface area contributed by atoms with E-state index in [0.717, 1.165) is 25.7 Å². The van der Waals surface area contributed by atoms with Crippen LogP contribution in [0.15, 0.2) is 17.2 Å². The van der Waals surface area contributed by atoms with Crippen molar-refractivity contribution in [3.8, 4) is 0 Å². The number of rotatable bonds is 8. The van der Waals surface area contributed by atoms with Crippen molar-refractivity contribution < 1.29 is 18.3 Å². The minimum Gasteiger partial charge on any atom is -0.390 e. The van der Waals surface area contributed by atoms with Crippen LogP contribution in [-0.2, 0) is 27.9 Å². The normalized spacial score (nSPS) is 17.7. The fourth-order valence-electron chi connectivity index (χ4n) is 2.59. The molecular weight excluding hydrogens is 292 g/mol. The zero-order valence-corrected chi connectivity index (χ0v) is 13.4. The standard InChI is InChI=1S/C14H24N2O4S/c1-3-7-16-9-13(8-12(16)10-17)21(18,19)15-11-14(20-2)5-4-6-14/h8-9,15,17H,3-7,10-11H2,1-2H3. The minimum absolute atomic E-state index is 0.169. The Morgan fingerprint density at radius 1 is 1.48 bits per heavy atom. The second kappa shape index (κ2) is 6.48. The van der Waals surface area contributed by atoms with Crippen LogP contribution >= 0.6 is 0 Å². The SMILES string of the molecule is CCCn1cc(S(=O)(=O)NCC2(OC)CCC2)cc1CO. The number of methoxy groups -OCH3 is 1. The zero-order chi connectivity index (χ0) is 15.5. The lowest BCUT2D eigenvalue weighted by molar-refractivity contribution is -0.0659. The molecule has 0 unspecified atom stereocenters. The molecule has 0 aliphatic heterocycles. The second-order valence-electron chi connectivity index (χ2n) is 5.58. The summed E-state index contributed by atoms with van der Waals surface area (Å²) < 4.78 is 34.5. The van der Waals surface area contributed by atoms with Crippen molar-refractivity contribution >= 4 is 10.0 Å². The average molecular weight is 316 g/mol. The summed E-state index contributed by atoms with van der Waals surface area (Å²) in [5, 5.41) is 9.31. The van der Waals surface area contributed by atoms with Gasteiger partial charge in [0.1, 0.15) is 0 Å². The Bertz CT molecular complexity index is 570. The van der Waals surface area contributed by atoms with Crippen LogP contribution in [0.3, 0.4) is 0 Å². The first-order valence-corrected chi connectivity index (χ1v) is 8.79. The molecule has 0 amide bonds. The Labute approximate surface area is 126 Å². The van der Waals surface area contributed by atoms with Gasteiger partial charge in [-0.3, -0.25) is 0 Å². The molecule has 1 aromatic rings. The van der Waals surface area contributed by atoms with Gasteiger partial charge in [0.05, 0.1) is 17.1 Å². The van der Waals surface area contributed by atoms with Crippen molar-refractivity contribution in [2.45, 2.75) is 56.3 Å². The highest BCUT2D eigenvalue weighted by atomic mass is 32.2. The third kappa shape index (κ3) is 3.48. The van der Waals surface area contributed by atoms with E-state index in [4.69, 9.17) is 4.74 Å². The highest BCUT2D eigenvalue weighted by Crippen LogP contribution is 2.34. The monoisotopic (exact) mass is 316 g/mol. The lowest BCUT2D eigenvalue weighted by Gasteiger charge is -2.40. The number of aliphatic hydroxyl groups is 1. The van der Waals surface area contributed by atoms with Gasteiger partial charge in [0.15, 0.2) is 0 Å². The van der Waals surface area contributed by atoms with Crippen LogP contribution in [0.25, 0.3) is 0 Å². The van der Waals surface area contributed by atoms with Crippen LogP contribution < -0.4 is 4.72 Å². The van der Waals surface area contributed by atoms with E-state index in [1.807, 2.05) is 6.92 Å². The van der Waals surface area contributed by atoms with Gasteiger partial charge in [-0.2, -0.15) is 0 Å². The Morgan fingerprint density at radius 3 is 2.67 bits per heavy atom. The number of hydrogen-bond acceptors (Lipinski definition) is 4. The maximum absolute atomic E-state index is 12.4. The Kier molecular flexibility index (Phi) is 5.08. The molecule has 1 fully saturated rings. The van der Waals surface area contributed by atoms with E-state index in [1.165, 1.54) is 6.07 Å². The molecule has 6 nitrogen and oxygen atoms in total. The van der Waals surface area contributed by atoms with Gasteiger partial charge in [-0.15, -0.1) is 0 Å². The Balaban J connectivity index is 2.12. The van der Waals surface area contributed by atoms with Gasteiger partial charge in [-0.1, -0.05) is 6.92 Å². The fourth-order valence-corrected chi connectivity index (χ4v) is 3.76. The lowest BCUT2D eigenvalue weighted by atomic mass is 9.80. The van der Waals surface area contributed by atoms with Gasteiger partial charge >= 0.3 is 0 Å². The molecule has 0 atom stereocenters. The van der Waals surface area contributed by atoms with E-state index < -0.39 is 10.0 Å². The topological polar surface area (TPSA) is 80.6 Å².